The van der Waals surface area contributed by atoms with Crippen LogP contribution in [0, 0.1) is 0 Å². The van der Waals surface area contributed by atoms with Gasteiger partial charge in [0.25, 0.3) is 0 Å². The minimum atomic E-state index is 0.328. The maximum atomic E-state index is 5.03. The zero-order chi connectivity index (χ0) is 12.5. The molecule has 0 aliphatic heterocycles. The molecule has 6 nitrogen and oxygen atoms in total. The zero-order valence-corrected chi connectivity index (χ0v) is 10.8. The molecule has 1 aromatic heterocycles. The van der Waals surface area contributed by atoms with Crippen LogP contribution < -0.4 is 15.4 Å². The summed E-state index contributed by atoms with van der Waals surface area (Å²) in [6.45, 7) is 5.80. The van der Waals surface area contributed by atoms with Crippen molar-refractivity contribution in [1.29, 1.82) is 0 Å². The Kier molecular flexibility index (Phi) is 6.06. The van der Waals surface area contributed by atoms with Crippen LogP contribution in [0.3, 0.4) is 0 Å². The molecular formula is C11H21N5O. The second-order valence-electron chi connectivity index (χ2n) is 3.63. The van der Waals surface area contributed by atoms with Crippen LogP contribution in [0.5, 0.6) is 6.01 Å². The van der Waals surface area contributed by atoms with E-state index in [-0.39, 0.29) is 0 Å². The molecule has 2 N–H and O–H groups in total. The fraction of sp³-hybridized carbons (Fsp3) is 0.727. The largest absolute Gasteiger partial charge is 0.467 e. The van der Waals surface area contributed by atoms with Crippen molar-refractivity contribution in [2.75, 3.05) is 30.8 Å². The van der Waals surface area contributed by atoms with Gasteiger partial charge in [-0.1, -0.05) is 19.8 Å². The number of aromatic nitrogens is 3. The number of unbranched alkanes of at least 4 members (excludes halogenated alkanes) is 2. The average Bonchev–Trinajstić information content (AvgIpc) is 2.35. The van der Waals surface area contributed by atoms with E-state index in [9.17, 15) is 0 Å². The molecule has 0 bridgehead atoms. The molecule has 0 spiro atoms. The molecule has 0 saturated heterocycles. The summed E-state index contributed by atoms with van der Waals surface area (Å²) in [5.74, 6) is 1.10. The van der Waals surface area contributed by atoms with Gasteiger partial charge in [-0.3, -0.25) is 0 Å². The SMILES string of the molecule is CCCCCNc1nc(NCC)nc(OC)n1. The first-order valence-corrected chi connectivity index (χ1v) is 6.08. The number of hydrogen-bond acceptors (Lipinski definition) is 6. The second kappa shape index (κ2) is 7.65. The number of anilines is 2. The average molecular weight is 239 g/mol. The second-order valence-corrected chi connectivity index (χ2v) is 3.63. The number of hydrogen-bond donors (Lipinski definition) is 2. The van der Waals surface area contributed by atoms with Crippen molar-refractivity contribution in [3.8, 4) is 6.01 Å². The Labute approximate surface area is 102 Å². The summed E-state index contributed by atoms with van der Waals surface area (Å²) in [4.78, 5) is 12.5. The number of nitrogens with one attached hydrogen (secondary N) is 2. The van der Waals surface area contributed by atoms with E-state index in [2.05, 4.69) is 32.5 Å². The fourth-order valence-corrected chi connectivity index (χ4v) is 1.34. The van der Waals surface area contributed by atoms with E-state index in [4.69, 9.17) is 4.74 Å². The van der Waals surface area contributed by atoms with Crippen LogP contribution in [-0.4, -0.2) is 35.2 Å². The van der Waals surface area contributed by atoms with Gasteiger partial charge in [-0.05, 0) is 13.3 Å². The molecule has 0 aliphatic carbocycles. The molecule has 17 heavy (non-hydrogen) atoms. The Bertz CT molecular complexity index is 332. The van der Waals surface area contributed by atoms with Gasteiger partial charge >= 0.3 is 6.01 Å². The van der Waals surface area contributed by atoms with Gasteiger partial charge in [0, 0.05) is 13.1 Å². The van der Waals surface area contributed by atoms with E-state index >= 15 is 0 Å². The van der Waals surface area contributed by atoms with Gasteiger partial charge in [-0.25, -0.2) is 0 Å². The van der Waals surface area contributed by atoms with Crippen LogP contribution in [0.4, 0.5) is 11.9 Å². The molecule has 1 rings (SSSR count). The van der Waals surface area contributed by atoms with Gasteiger partial charge in [0.2, 0.25) is 11.9 Å². The maximum Gasteiger partial charge on any atom is 0.322 e. The Morgan fingerprint density at radius 2 is 1.71 bits per heavy atom. The standard InChI is InChI=1S/C11H21N5O/c1-4-6-7-8-13-10-14-9(12-5-2)15-11(16-10)17-3/h4-8H2,1-3H3,(H2,12,13,14,15,16). The fourth-order valence-electron chi connectivity index (χ4n) is 1.34. The minimum Gasteiger partial charge on any atom is -0.467 e. The monoisotopic (exact) mass is 239 g/mol. The van der Waals surface area contributed by atoms with Crippen molar-refractivity contribution in [1.82, 2.24) is 15.0 Å². The Morgan fingerprint density at radius 1 is 1.00 bits per heavy atom. The van der Waals surface area contributed by atoms with Gasteiger partial charge in [-0.15, -0.1) is 0 Å². The number of ether oxygens (including phenoxy) is 1. The Hall–Kier alpha value is -1.59. The first-order valence-electron chi connectivity index (χ1n) is 6.08. The number of methoxy groups -OCH3 is 1. The molecule has 1 aromatic rings. The van der Waals surface area contributed by atoms with Crippen molar-refractivity contribution in [2.45, 2.75) is 33.1 Å². The molecule has 96 valence electrons. The van der Waals surface area contributed by atoms with Gasteiger partial charge in [0.1, 0.15) is 0 Å². The zero-order valence-electron chi connectivity index (χ0n) is 10.8. The molecule has 0 aromatic carbocycles. The third-order valence-electron chi connectivity index (χ3n) is 2.20. The van der Waals surface area contributed by atoms with Crippen LogP contribution >= 0.6 is 0 Å². The lowest BCUT2D eigenvalue weighted by molar-refractivity contribution is 0.379. The third kappa shape index (κ3) is 4.84. The van der Waals surface area contributed by atoms with E-state index in [0.717, 1.165) is 19.5 Å². The molecule has 6 heteroatoms. The summed E-state index contributed by atoms with van der Waals surface area (Å²) >= 11 is 0. The molecule has 0 aliphatic rings. The lowest BCUT2D eigenvalue weighted by Crippen LogP contribution is -2.10. The summed E-state index contributed by atoms with van der Waals surface area (Å²) in [7, 11) is 1.55. The Morgan fingerprint density at radius 3 is 2.29 bits per heavy atom. The molecule has 0 saturated carbocycles. The highest BCUT2D eigenvalue weighted by Crippen LogP contribution is 2.10. The van der Waals surface area contributed by atoms with Crippen molar-refractivity contribution in [3.63, 3.8) is 0 Å². The normalized spacial score (nSPS) is 10.1. The van der Waals surface area contributed by atoms with Crippen LogP contribution in [0.1, 0.15) is 33.1 Å². The summed E-state index contributed by atoms with van der Waals surface area (Å²) in [5.41, 5.74) is 0. The van der Waals surface area contributed by atoms with Gasteiger partial charge in [0.15, 0.2) is 0 Å². The van der Waals surface area contributed by atoms with Crippen LogP contribution in [0.25, 0.3) is 0 Å². The molecule has 0 amide bonds. The highest BCUT2D eigenvalue weighted by atomic mass is 16.5. The molecular weight excluding hydrogens is 218 g/mol. The van der Waals surface area contributed by atoms with E-state index in [1.54, 1.807) is 7.11 Å². The molecule has 0 atom stereocenters. The summed E-state index contributed by atoms with van der Waals surface area (Å²) < 4.78 is 5.03. The smallest absolute Gasteiger partial charge is 0.322 e. The van der Waals surface area contributed by atoms with E-state index in [1.807, 2.05) is 6.92 Å². The van der Waals surface area contributed by atoms with Crippen molar-refractivity contribution >= 4 is 11.9 Å². The number of rotatable bonds is 8. The van der Waals surface area contributed by atoms with E-state index in [0.29, 0.717) is 17.9 Å². The highest BCUT2D eigenvalue weighted by Gasteiger charge is 2.05. The lowest BCUT2D eigenvalue weighted by atomic mass is 10.2. The van der Waals surface area contributed by atoms with Crippen molar-refractivity contribution < 1.29 is 4.74 Å². The van der Waals surface area contributed by atoms with Crippen LogP contribution in [0.15, 0.2) is 0 Å². The predicted octanol–water partition coefficient (Wildman–Crippen LogP) is 1.91. The van der Waals surface area contributed by atoms with Crippen LogP contribution in [-0.2, 0) is 0 Å². The third-order valence-corrected chi connectivity index (χ3v) is 2.20. The minimum absolute atomic E-state index is 0.328. The van der Waals surface area contributed by atoms with Gasteiger partial charge in [-0.2, -0.15) is 15.0 Å². The van der Waals surface area contributed by atoms with E-state index in [1.165, 1.54) is 12.8 Å². The first-order chi connectivity index (χ1) is 8.30. The summed E-state index contributed by atoms with van der Waals surface area (Å²) in [6, 6.07) is 0.328. The lowest BCUT2D eigenvalue weighted by Gasteiger charge is -2.08. The topological polar surface area (TPSA) is 72.0 Å². The molecule has 1 heterocycles. The summed E-state index contributed by atoms with van der Waals surface area (Å²) in [5, 5.41) is 6.21. The summed E-state index contributed by atoms with van der Waals surface area (Å²) in [6.07, 6.45) is 3.52. The van der Waals surface area contributed by atoms with Gasteiger partial charge < -0.3 is 15.4 Å². The highest BCUT2D eigenvalue weighted by molar-refractivity contribution is 5.35. The molecule has 0 fully saturated rings. The number of nitrogens with zero attached hydrogens (tertiary/aromatic N) is 3. The molecule has 0 radical (unpaired) electrons. The van der Waals surface area contributed by atoms with Crippen molar-refractivity contribution in [3.05, 3.63) is 0 Å². The van der Waals surface area contributed by atoms with Crippen LogP contribution in [0.2, 0.25) is 0 Å². The predicted molar refractivity (Wildman–Crippen MR) is 68.6 cm³/mol. The van der Waals surface area contributed by atoms with E-state index < -0.39 is 0 Å². The van der Waals surface area contributed by atoms with Crippen molar-refractivity contribution in [2.24, 2.45) is 0 Å². The Balaban J connectivity index is 2.59. The maximum absolute atomic E-state index is 5.03. The van der Waals surface area contributed by atoms with Gasteiger partial charge in [0.05, 0.1) is 7.11 Å². The quantitative estimate of drug-likeness (QED) is 0.675. The first kappa shape index (κ1) is 13.5. The molecule has 0 unspecified atom stereocenters.